The van der Waals surface area contributed by atoms with Crippen LogP contribution in [0, 0.1) is 18.7 Å². The monoisotopic (exact) mass is 464 g/mol. The summed E-state index contributed by atoms with van der Waals surface area (Å²) in [5.41, 5.74) is 2.44. The highest BCUT2D eigenvalue weighted by Crippen LogP contribution is 2.29. The molecule has 0 aliphatic carbocycles. The third-order valence-electron chi connectivity index (χ3n) is 7.01. The normalized spacial score (nSPS) is 15.8. The van der Waals surface area contributed by atoms with Crippen LogP contribution in [-0.2, 0) is 13.0 Å². The maximum atomic E-state index is 14.5. The van der Waals surface area contributed by atoms with E-state index in [1.807, 2.05) is 31.3 Å². The van der Waals surface area contributed by atoms with Crippen molar-refractivity contribution in [1.82, 2.24) is 9.80 Å². The number of methoxy groups -OCH3 is 1. The van der Waals surface area contributed by atoms with Gasteiger partial charge in [0, 0.05) is 19.6 Å². The average Bonchev–Trinajstić information content (AvgIpc) is 3.29. The van der Waals surface area contributed by atoms with Crippen LogP contribution in [0.4, 0.5) is 4.39 Å². The highest BCUT2D eigenvalue weighted by atomic mass is 19.1. The maximum Gasteiger partial charge on any atom is 0.257 e. The van der Waals surface area contributed by atoms with E-state index in [0.717, 1.165) is 38.2 Å². The number of likely N-dealkylation sites (N-methyl/N-ethyl adjacent to an activating group) is 1. The zero-order valence-corrected chi connectivity index (χ0v) is 20.2. The molecular formula is C28H33FN2O3. The van der Waals surface area contributed by atoms with Crippen molar-refractivity contribution in [1.29, 1.82) is 0 Å². The Morgan fingerprint density at radius 3 is 2.62 bits per heavy atom. The summed E-state index contributed by atoms with van der Waals surface area (Å²) in [6, 6.07) is 16.7. The molecule has 1 aromatic heterocycles. The number of benzene rings is 2. The molecule has 2 aromatic carbocycles. The molecule has 5 nitrogen and oxygen atoms in total. The van der Waals surface area contributed by atoms with E-state index in [0.29, 0.717) is 23.3 Å². The van der Waals surface area contributed by atoms with Crippen LogP contribution < -0.4 is 4.74 Å². The lowest BCUT2D eigenvalue weighted by Gasteiger charge is -2.40. The molecule has 0 radical (unpaired) electrons. The number of carbonyl (C=O) groups excluding carboxylic acids is 1. The summed E-state index contributed by atoms with van der Waals surface area (Å²) in [6.07, 6.45) is 3.93. The Labute approximate surface area is 201 Å². The van der Waals surface area contributed by atoms with Crippen LogP contribution in [0.3, 0.4) is 0 Å². The Bertz CT molecular complexity index is 1100. The van der Waals surface area contributed by atoms with Gasteiger partial charge in [-0.2, -0.15) is 0 Å². The van der Waals surface area contributed by atoms with Gasteiger partial charge in [-0.25, -0.2) is 4.39 Å². The second kappa shape index (κ2) is 10.9. The number of likely N-dealkylation sites (tertiary alicyclic amines) is 1. The number of hydrogen-bond donors (Lipinski definition) is 0. The summed E-state index contributed by atoms with van der Waals surface area (Å²) in [4.78, 5) is 17.5. The molecular weight excluding hydrogens is 431 g/mol. The quantitative estimate of drug-likeness (QED) is 0.452. The first-order chi connectivity index (χ1) is 16.5. The molecule has 3 aromatic rings. The molecule has 34 heavy (non-hydrogen) atoms. The summed E-state index contributed by atoms with van der Waals surface area (Å²) < 4.78 is 25.3. The second-order valence-corrected chi connectivity index (χ2v) is 9.13. The van der Waals surface area contributed by atoms with Gasteiger partial charge in [0.15, 0.2) is 0 Å². The van der Waals surface area contributed by atoms with E-state index in [1.165, 1.54) is 11.6 Å². The van der Waals surface area contributed by atoms with Crippen molar-refractivity contribution >= 4 is 5.91 Å². The van der Waals surface area contributed by atoms with E-state index in [2.05, 4.69) is 17.0 Å². The molecule has 1 saturated heterocycles. The van der Waals surface area contributed by atoms with E-state index >= 15 is 0 Å². The predicted octanol–water partition coefficient (Wildman–Crippen LogP) is 5.33. The Morgan fingerprint density at radius 1 is 1.18 bits per heavy atom. The zero-order valence-electron chi connectivity index (χ0n) is 20.2. The molecule has 1 unspecified atom stereocenters. The van der Waals surface area contributed by atoms with Crippen LogP contribution in [-0.4, -0.2) is 49.0 Å². The van der Waals surface area contributed by atoms with Gasteiger partial charge in [-0.15, -0.1) is 0 Å². The number of hydrogen-bond acceptors (Lipinski definition) is 4. The van der Waals surface area contributed by atoms with Crippen LogP contribution in [0.15, 0.2) is 65.3 Å². The number of piperidine rings is 1. The first kappa shape index (κ1) is 24.0. The van der Waals surface area contributed by atoms with E-state index in [1.54, 1.807) is 37.3 Å². The van der Waals surface area contributed by atoms with Gasteiger partial charge in [-0.3, -0.25) is 9.69 Å². The molecule has 1 atom stereocenters. The molecule has 180 valence electrons. The third-order valence-corrected chi connectivity index (χ3v) is 7.01. The topological polar surface area (TPSA) is 45.9 Å². The third kappa shape index (κ3) is 5.50. The predicted molar refractivity (Wildman–Crippen MR) is 130 cm³/mol. The van der Waals surface area contributed by atoms with Gasteiger partial charge in [0.1, 0.15) is 17.3 Å². The number of amides is 1. The van der Waals surface area contributed by atoms with Crippen molar-refractivity contribution in [3.63, 3.8) is 0 Å². The highest BCUT2D eigenvalue weighted by molar-refractivity contribution is 5.95. The van der Waals surface area contributed by atoms with Crippen molar-refractivity contribution in [3.05, 3.63) is 89.1 Å². The second-order valence-electron chi connectivity index (χ2n) is 9.13. The molecule has 1 aliphatic rings. The number of aryl methyl sites for hydroxylation is 1. The lowest BCUT2D eigenvalue weighted by atomic mass is 9.84. The van der Waals surface area contributed by atoms with Crippen LogP contribution in [0.1, 0.15) is 40.1 Å². The number of rotatable bonds is 8. The lowest BCUT2D eigenvalue weighted by Crippen LogP contribution is -2.47. The van der Waals surface area contributed by atoms with Gasteiger partial charge in [0.25, 0.3) is 5.91 Å². The van der Waals surface area contributed by atoms with Crippen molar-refractivity contribution in [2.24, 2.45) is 5.92 Å². The molecule has 0 saturated carbocycles. The smallest absolute Gasteiger partial charge is 0.257 e. The molecule has 4 rings (SSSR count). The number of carbonyl (C=O) groups is 1. The fraction of sp³-hybridized carbons (Fsp3) is 0.393. The van der Waals surface area contributed by atoms with Crippen LogP contribution in [0.5, 0.6) is 5.75 Å². The Balaban J connectivity index is 1.48. The van der Waals surface area contributed by atoms with Gasteiger partial charge >= 0.3 is 0 Å². The molecule has 6 heteroatoms. The van der Waals surface area contributed by atoms with E-state index < -0.39 is 0 Å². The highest BCUT2D eigenvalue weighted by Gasteiger charge is 2.33. The SMILES string of the molecule is COc1cccc(CN2CCC(C(Cc3ccccc3F)N(C)C(=O)c3ccoc3C)CC2)c1. The minimum atomic E-state index is -0.219. The number of furan rings is 1. The van der Waals surface area contributed by atoms with E-state index in [4.69, 9.17) is 9.15 Å². The molecule has 0 bridgehead atoms. The Kier molecular flexibility index (Phi) is 7.68. The molecule has 0 spiro atoms. The first-order valence-corrected chi connectivity index (χ1v) is 11.9. The van der Waals surface area contributed by atoms with Crippen LogP contribution in [0.2, 0.25) is 0 Å². The van der Waals surface area contributed by atoms with Crippen molar-refractivity contribution in [3.8, 4) is 5.75 Å². The van der Waals surface area contributed by atoms with Gasteiger partial charge in [0.05, 0.1) is 18.9 Å². The number of nitrogens with zero attached hydrogens (tertiary/aromatic N) is 2. The number of halogens is 1. The average molecular weight is 465 g/mol. The van der Waals surface area contributed by atoms with E-state index in [9.17, 15) is 9.18 Å². The fourth-order valence-corrected chi connectivity index (χ4v) is 4.98. The summed E-state index contributed by atoms with van der Waals surface area (Å²) in [7, 11) is 3.52. The molecule has 1 fully saturated rings. The fourth-order valence-electron chi connectivity index (χ4n) is 4.98. The minimum absolute atomic E-state index is 0.0774. The van der Waals surface area contributed by atoms with Crippen LogP contribution in [0.25, 0.3) is 0 Å². The molecule has 1 amide bonds. The number of ether oxygens (including phenoxy) is 1. The van der Waals surface area contributed by atoms with Gasteiger partial charge in [0.2, 0.25) is 0 Å². The molecule has 0 N–H and O–H groups in total. The standard InChI is InChI=1S/C28H33FN2O3/c1-20-25(13-16-34-20)28(32)30(2)27(18-23-8-4-5-10-26(23)29)22-11-14-31(15-12-22)19-21-7-6-9-24(17-21)33-3/h4-10,13,16-17,22,27H,11-12,14-15,18-19H2,1-3H3. The summed E-state index contributed by atoms with van der Waals surface area (Å²) in [5, 5.41) is 0. The van der Waals surface area contributed by atoms with Gasteiger partial charge in [-0.1, -0.05) is 30.3 Å². The minimum Gasteiger partial charge on any atom is -0.497 e. The Hall–Kier alpha value is -3.12. The van der Waals surface area contributed by atoms with Gasteiger partial charge in [-0.05, 0) is 80.6 Å². The summed E-state index contributed by atoms with van der Waals surface area (Å²) >= 11 is 0. The van der Waals surface area contributed by atoms with Crippen LogP contribution >= 0.6 is 0 Å². The van der Waals surface area contributed by atoms with Crippen molar-refractivity contribution in [2.75, 3.05) is 27.2 Å². The zero-order chi connectivity index (χ0) is 24.1. The Morgan fingerprint density at radius 2 is 1.94 bits per heavy atom. The van der Waals surface area contributed by atoms with Crippen molar-refractivity contribution < 1.29 is 18.3 Å². The molecule has 2 heterocycles. The summed E-state index contributed by atoms with van der Waals surface area (Å²) in [6.45, 7) is 4.53. The van der Waals surface area contributed by atoms with Crippen molar-refractivity contribution in [2.45, 2.75) is 38.8 Å². The lowest BCUT2D eigenvalue weighted by molar-refractivity contribution is 0.0581. The summed E-state index contributed by atoms with van der Waals surface area (Å²) in [5.74, 6) is 1.46. The van der Waals surface area contributed by atoms with Gasteiger partial charge < -0.3 is 14.1 Å². The molecule has 1 aliphatic heterocycles. The maximum absolute atomic E-state index is 14.5. The van der Waals surface area contributed by atoms with E-state index in [-0.39, 0.29) is 23.7 Å². The largest absolute Gasteiger partial charge is 0.497 e. The first-order valence-electron chi connectivity index (χ1n) is 11.9.